The van der Waals surface area contributed by atoms with Gasteiger partial charge in [-0.3, -0.25) is 0 Å². The average molecular weight is 221 g/mol. The lowest BCUT2D eigenvalue weighted by molar-refractivity contribution is -0.108. The van der Waals surface area contributed by atoms with Gasteiger partial charge in [0.2, 0.25) is 5.88 Å². The van der Waals surface area contributed by atoms with Crippen molar-refractivity contribution < 1.29 is 9.53 Å². The van der Waals surface area contributed by atoms with Gasteiger partial charge in [0.1, 0.15) is 6.29 Å². The number of aromatic nitrogens is 1. The summed E-state index contributed by atoms with van der Waals surface area (Å²) in [6, 6.07) is 3.90. The highest BCUT2D eigenvalue weighted by Gasteiger charge is 2.02. The molecule has 88 valence electrons. The number of carbonyl (C=O) groups is 1. The Kier molecular flexibility index (Phi) is 5.54. The summed E-state index contributed by atoms with van der Waals surface area (Å²) in [6.45, 7) is 4.82. The fraction of sp³-hybridized carbons (Fsp3) is 0.538. The number of rotatable bonds is 7. The molecule has 1 heterocycles. The second kappa shape index (κ2) is 6.99. The van der Waals surface area contributed by atoms with Crippen molar-refractivity contribution in [3.05, 3.63) is 23.9 Å². The summed E-state index contributed by atoms with van der Waals surface area (Å²) >= 11 is 0. The third-order valence-electron chi connectivity index (χ3n) is 2.56. The summed E-state index contributed by atoms with van der Waals surface area (Å²) in [5.74, 6) is 1.28. The first-order valence-electron chi connectivity index (χ1n) is 5.77. The van der Waals surface area contributed by atoms with Crippen molar-refractivity contribution in [3.63, 3.8) is 0 Å². The average Bonchev–Trinajstić information content (AvgIpc) is 2.31. The second-order valence-corrected chi connectivity index (χ2v) is 4.03. The zero-order chi connectivity index (χ0) is 11.8. The minimum absolute atomic E-state index is 0.404. The van der Waals surface area contributed by atoms with Crippen molar-refractivity contribution in [2.45, 2.75) is 33.1 Å². The van der Waals surface area contributed by atoms with Crippen LogP contribution >= 0.6 is 0 Å². The van der Waals surface area contributed by atoms with Gasteiger partial charge in [-0.1, -0.05) is 26.3 Å². The maximum atomic E-state index is 10.1. The molecule has 3 nitrogen and oxygen atoms in total. The Morgan fingerprint density at radius 3 is 2.88 bits per heavy atom. The zero-order valence-corrected chi connectivity index (χ0v) is 9.98. The van der Waals surface area contributed by atoms with E-state index in [1.807, 2.05) is 18.3 Å². The molecule has 3 heteroatoms. The third kappa shape index (κ3) is 4.43. The first-order valence-corrected chi connectivity index (χ1v) is 5.77. The molecule has 0 amide bonds. The summed E-state index contributed by atoms with van der Waals surface area (Å²) in [5.41, 5.74) is 1.23. The molecule has 0 saturated heterocycles. The van der Waals surface area contributed by atoms with Crippen LogP contribution in [0.1, 0.15) is 32.3 Å². The van der Waals surface area contributed by atoms with E-state index in [1.54, 1.807) is 0 Å². The molecule has 0 radical (unpaired) electrons. The molecule has 1 atom stereocenters. The van der Waals surface area contributed by atoms with Gasteiger partial charge in [-0.15, -0.1) is 0 Å². The monoisotopic (exact) mass is 221 g/mol. The Balaban J connectivity index is 2.44. The van der Waals surface area contributed by atoms with Crippen molar-refractivity contribution in [2.75, 3.05) is 6.61 Å². The van der Waals surface area contributed by atoms with E-state index in [2.05, 4.69) is 18.8 Å². The molecule has 1 aromatic rings. The zero-order valence-electron chi connectivity index (χ0n) is 9.98. The van der Waals surface area contributed by atoms with Crippen LogP contribution < -0.4 is 4.74 Å². The van der Waals surface area contributed by atoms with Crippen molar-refractivity contribution in [1.29, 1.82) is 0 Å². The molecule has 0 aliphatic carbocycles. The molecule has 0 N–H and O–H groups in total. The largest absolute Gasteiger partial charge is 0.477 e. The van der Waals surface area contributed by atoms with E-state index >= 15 is 0 Å². The highest BCUT2D eigenvalue weighted by molar-refractivity contribution is 5.49. The van der Waals surface area contributed by atoms with Gasteiger partial charge in [0.25, 0.3) is 0 Å². The molecular weight excluding hydrogens is 202 g/mol. The SMILES string of the molecule is CCC(C)Cc1ccc(OCCC=O)nc1. The fourth-order valence-electron chi connectivity index (χ4n) is 1.38. The first kappa shape index (κ1) is 12.7. The molecule has 0 spiro atoms. The van der Waals surface area contributed by atoms with Gasteiger partial charge in [-0.05, 0) is 17.9 Å². The normalized spacial score (nSPS) is 12.1. The highest BCUT2D eigenvalue weighted by Crippen LogP contribution is 2.13. The van der Waals surface area contributed by atoms with Gasteiger partial charge in [-0.2, -0.15) is 0 Å². The molecule has 1 rings (SSSR count). The van der Waals surface area contributed by atoms with Crippen LogP contribution in [0.5, 0.6) is 5.88 Å². The maximum Gasteiger partial charge on any atom is 0.213 e. The molecule has 1 aromatic heterocycles. The molecular formula is C13H19NO2. The van der Waals surface area contributed by atoms with Gasteiger partial charge in [0.05, 0.1) is 6.61 Å². The predicted molar refractivity (Wildman–Crippen MR) is 63.6 cm³/mol. The highest BCUT2D eigenvalue weighted by atomic mass is 16.5. The van der Waals surface area contributed by atoms with Crippen LogP contribution in [0.3, 0.4) is 0 Å². The number of aldehydes is 1. The molecule has 0 bridgehead atoms. The molecule has 1 unspecified atom stereocenters. The van der Waals surface area contributed by atoms with Gasteiger partial charge >= 0.3 is 0 Å². The van der Waals surface area contributed by atoms with E-state index in [1.165, 1.54) is 12.0 Å². The topological polar surface area (TPSA) is 39.2 Å². The van der Waals surface area contributed by atoms with E-state index < -0.39 is 0 Å². The summed E-state index contributed by atoms with van der Waals surface area (Å²) in [7, 11) is 0. The van der Waals surface area contributed by atoms with Gasteiger partial charge < -0.3 is 9.53 Å². The van der Waals surface area contributed by atoms with E-state index in [4.69, 9.17) is 4.74 Å². The van der Waals surface area contributed by atoms with Crippen molar-refractivity contribution in [2.24, 2.45) is 5.92 Å². The van der Waals surface area contributed by atoms with Crippen LogP contribution in [-0.2, 0) is 11.2 Å². The smallest absolute Gasteiger partial charge is 0.213 e. The van der Waals surface area contributed by atoms with Crippen LogP contribution in [0.4, 0.5) is 0 Å². The van der Waals surface area contributed by atoms with Crippen LogP contribution in [0.15, 0.2) is 18.3 Å². The van der Waals surface area contributed by atoms with E-state index in [0.717, 1.165) is 12.7 Å². The summed E-state index contributed by atoms with van der Waals surface area (Å²) in [5, 5.41) is 0. The maximum absolute atomic E-state index is 10.1. The Morgan fingerprint density at radius 2 is 2.31 bits per heavy atom. The summed E-state index contributed by atoms with van der Waals surface area (Å²) < 4.78 is 5.29. The lowest BCUT2D eigenvalue weighted by atomic mass is 10.0. The lowest BCUT2D eigenvalue weighted by Crippen LogP contribution is -2.01. The van der Waals surface area contributed by atoms with Crippen molar-refractivity contribution in [1.82, 2.24) is 4.98 Å². The Bertz CT molecular complexity index is 308. The van der Waals surface area contributed by atoms with Crippen LogP contribution in [0, 0.1) is 5.92 Å². The third-order valence-corrected chi connectivity index (χ3v) is 2.56. The number of ether oxygens (including phenoxy) is 1. The number of carbonyl (C=O) groups excluding carboxylic acids is 1. The van der Waals surface area contributed by atoms with Crippen LogP contribution in [-0.4, -0.2) is 17.9 Å². The second-order valence-electron chi connectivity index (χ2n) is 4.03. The van der Waals surface area contributed by atoms with Crippen LogP contribution in [0.2, 0.25) is 0 Å². The Morgan fingerprint density at radius 1 is 1.50 bits per heavy atom. The quantitative estimate of drug-likeness (QED) is 0.525. The van der Waals surface area contributed by atoms with Gasteiger partial charge in [0.15, 0.2) is 0 Å². The Hall–Kier alpha value is -1.38. The minimum atomic E-state index is 0.404. The summed E-state index contributed by atoms with van der Waals surface area (Å²) in [4.78, 5) is 14.3. The number of hydrogen-bond donors (Lipinski definition) is 0. The number of nitrogens with zero attached hydrogens (tertiary/aromatic N) is 1. The molecule has 0 aliphatic heterocycles. The summed E-state index contributed by atoms with van der Waals surface area (Å²) in [6.07, 6.45) is 5.34. The molecule has 0 aliphatic rings. The van der Waals surface area contributed by atoms with Crippen molar-refractivity contribution >= 4 is 6.29 Å². The first-order chi connectivity index (χ1) is 7.76. The molecule has 0 saturated carbocycles. The van der Waals surface area contributed by atoms with Gasteiger partial charge in [-0.25, -0.2) is 4.98 Å². The van der Waals surface area contributed by atoms with Crippen molar-refractivity contribution in [3.8, 4) is 5.88 Å². The van der Waals surface area contributed by atoms with E-state index in [0.29, 0.717) is 24.8 Å². The molecule has 0 fully saturated rings. The Labute approximate surface area is 96.8 Å². The van der Waals surface area contributed by atoms with E-state index in [-0.39, 0.29) is 0 Å². The van der Waals surface area contributed by atoms with Gasteiger partial charge in [0, 0.05) is 18.7 Å². The predicted octanol–water partition coefficient (Wildman–Crippen LogP) is 2.64. The lowest BCUT2D eigenvalue weighted by Gasteiger charge is -2.08. The molecule has 0 aromatic carbocycles. The number of pyridine rings is 1. The number of hydrogen-bond acceptors (Lipinski definition) is 3. The molecule has 16 heavy (non-hydrogen) atoms. The minimum Gasteiger partial charge on any atom is -0.477 e. The standard InChI is InChI=1S/C13H19NO2/c1-3-11(2)9-12-5-6-13(14-10-12)16-8-4-7-15/h5-7,10-11H,3-4,8-9H2,1-2H3. The fourth-order valence-corrected chi connectivity index (χ4v) is 1.38. The van der Waals surface area contributed by atoms with Crippen LogP contribution in [0.25, 0.3) is 0 Å². The van der Waals surface area contributed by atoms with E-state index in [9.17, 15) is 4.79 Å².